The van der Waals surface area contributed by atoms with Gasteiger partial charge in [0.25, 0.3) is 0 Å². The zero-order valence-electron chi connectivity index (χ0n) is 14.7. The molecule has 2 fully saturated rings. The summed E-state index contributed by atoms with van der Waals surface area (Å²) in [5.74, 6) is 1.01. The molecule has 0 spiro atoms. The molecular weight excluding hydrogens is 322 g/mol. The zero-order valence-corrected chi connectivity index (χ0v) is 15.5. The number of carbonyl (C=O) groups is 1. The quantitative estimate of drug-likeness (QED) is 0.735. The molecule has 2 aliphatic carbocycles. The van der Waals surface area contributed by atoms with Crippen LogP contribution in [0.3, 0.4) is 0 Å². The molecule has 134 valence electrons. The van der Waals surface area contributed by atoms with Crippen LogP contribution >= 0.6 is 11.8 Å². The molecular formula is C17H29N5OS. The minimum Gasteiger partial charge on any atom is -0.343 e. The Morgan fingerprint density at radius 3 is 2.50 bits per heavy atom. The van der Waals surface area contributed by atoms with Crippen molar-refractivity contribution in [2.24, 2.45) is 0 Å². The predicted molar refractivity (Wildman–Crippen MR) is 94.9 cm³/mol. The fraction of sp³-hybridized carbons (Fsp3) is 0.882. The molecule has 2 aliphatic rings. The lowest BCUT2D eigenvalue weighted by Gasteiger charge is -2.31. The van der Waals surface area contributed by atoms with Crippen LogP contribution in [0.15, 0.2) is 5.16 Å². The maximum atomic E-state index is 12.4. The van der Waals surface area contributed by atoms with E-state index in [1.165, 1.54) is 51.4 Å². The Labute approximate surface area is 148 Å². The molecule has 0 aromatic carbocycles. The van der Waals surface area contributed by atoms with Gasteiger partial charge in [0.15, 0.2) is 0 Å². The first-order valence-electron chi connectivity index (χ1n) is 9.42. The number of nitrogens with zero attached hydrogens (tertiary/aromatic N) is 5. The van der Waals surface area contributed by atoms with Gasteiger partial charge in [-0.25, -0.2) is 4.68 Å². The van der Waals surface area contributed by atoms with E-state index in [2.05, 4.69) is 15.5 Å². The molecule has 0 saturated heterocycles. The summed E-state index contributed by atoms with van der Waals surface area (Å²) in [5.41, 5.74) is 0. The molecule has 2 saturated carbocycles. The lowest BCUT2D eigenvalue weighted by atomic mass is 9.94. The van der Waals surface area contributed by atoms with Gasteiger partial charge >= 0.3 is 0 Å². The second-order valence-corrected chi connectivity index (χ2v) is 8.15. The Kier molecular flexibility index (Phi) is 6.51. The molecule has 24 heavy (non-hydrogen) atoms. The molecule has 1 aromatic rings. The Balaban J connectivity index is 1.46. The molecule has 1 heterocycles. The Bertz CT molecular complexity index is 523. The largest absolute Gasteiger partial charge is 0.343 e. The average Bonchev–Trinajstić information content (AvgIpc) is 3.11. The van der Waals surface area contributed by atoms with Crippen LogP contribution in [0.25, 0.3) is 0 Å². The summed E-state index contributed by atoms with van der Waals surface area (Å²) in [5, 5.41) is 13.1. The highest BCUT2D eigenvalue weighted by molar-refractivity contribution is 7.99. The van der Waals surface area contributed by atoms with E-state index in [0.717, 1.165) is 23.8 Å². The summed E-state index contributed by atoms with van der Waals surface area (Å²) >= 11 is 1.62. The number of amides is 1. The van der Waals surface area contributed by atoms with E-state index in [4.69, 9.17) is 0 Å². The van der Waals surface area contributed by atoms with Crippen LogP contribution in [-0.4, -0.2) is 49.9 Å². The molecule has 0 bridgehead atoms. The Morgan fingerprint density at radius 2 is 1.79 bits per heavy atom. The van der Waals surface area contributed by atoms with E-state index in [-0.39, 0.29) is 5.91 Å². The standard InChI is InChI=1S/C17H29N5OS/c1-21(14-8-4-2-5-9-14)16(23)12-13-24-17-18-19-20-22(17)15-10-6-3-7-11-15/h14-15H,2-13H2,1H3. The van der Waals surface area contributed by atoms with Gasteiger partial charge in [-0.15, -0.1) is 5.10 Å². The van der Waals surface area contributed by atoms with Crippen molar-refractivity contribution >= 4 is 17.7 Å². The van der Waals surface area contributed by atoms with E-state index in [1.54, 1.807) is 11.8 Å². The number of hydrogen-bond donors (Lipinski definition) is 0. The molecule has 0 radical (unpaired) electrons. The zero-order chi connectivity index (χ0) is 16.8. The summed E-state index contributed by atoms with van der Waals surface area (Å²) in [6.07, 6.45) is 12.9. The van der Waals surface area contributed by atoms with Gasteiger partial charge in [-0.2, -0.15) is 0 Å². The van der Waals surface area contributed by atoms with Crippen molar-refractivity contribution < 1.29 is 4.79 Å². The summed E-state index contributed by atoms with van der Waals surface area (Å²) in [7, 11) is 1.97. The highest BCUT2D eigenvalue weighted by Gasteiger charge is 2.23. The third-order valence-electron chi connectivity index (χ3n) is 5.45. The lowest BCUT2D eigenvalue weighted by molar-refractivity contribution is -0.132. The first-order chi connectivity index (χ1) is 11.8. The summed E-state index contributed by atoms with van der Waals surface area (Å²) < 4.78 is 1.99. The highest BCUT2D eigenvalue weighted by Crippen LogP contribution is 2.30. The fourth-order valence-electron chi connectivity index (χ4n) is 3.91. The van der Waals surface area contributed by atoms with Gasteiger partial charge in [0.1, 0.15) is 0 Å². The third kappa shape index (κ3) is 4.49. The van der Waals surface area contributed by atoms with Crippen LogP contribution in [0.1, 0.15) is 76.7 Å². The van der Waals surface area contributed by atoms with Crippen LogP contribution in [0, 0.1) is 0 Å². The van der Waals surface area contributed by atoms with Gasteiger partial charge < -0.3 is 4.90 Å². The Hall–Kier alpha value is -1.11. The van der Waals surface area contributed by atoms with E-state index in [9.17, 15) is 4.79 Å². The summed E-state index contributed by atoms with van der Waals surface area (Å²) in [6, 6.07) is 0.890. The number of carbonyl (C=O) groups excluding carboxylic acids is 1. The second kappa shape index (κ2) is 8.83. The van der Waals surface area contributed by atoms with Gasteiger partial charge in [0, 0.05) is 25.3 Å². The predicted octanol–water partition coefficient (Wildman–Crippen LogP) is 3.45. The van der Waals surface area contributed by atoms with E-state index < -0.39 is 0 Å². The van der Waals surface area contributed by atoms with Crippen LogP contribution in [0.5, 0.6) is 0 Å². The number of rotatable bonds is 6. The van der Waals surface area contributed by atoms with Crippen LogP contribution < -0.4 is 0 Å². The normalized spacial score (nSPS) is 20.2. The average molecular weight is 352 g/mol. The van der Waals surface area contributed by atoms with Gasteiger partial charge in [0.05, 0.1) is 6.04 Å². The summed E-state index contributed by atoms with van der Waals surface area (Å²) in [6.45, 7) is 0. The number of thioether (sulfide) groups is 1. The van der Waals surface area contributed by atoms with Crippen LogP contribution in [0.2, 0.25) is 0 Å². The molecule has 0 aliphatic heterocycles. The minimum atomic E-state index is 0.256. The third-order valence-corrected chi connectivity index (χ3v) is 6.38. The number of tetrazole rings is 1. The maximum absolute atomic E-state index is 12.4. The molecule has 0 N–H and O–H groups in total. The molecule has 0 unspecified atom stereocenters. The van der Waals surface area contributed by atoms with Crippen molar-refractivity contribution in [1.29, 1.82) is 0 Å². The van der Waals surface area contributed by atoms with Crippen molar-refractivity contribution in [3.05, 3.63) is 0 Å². The van der Waals surface area contributed by atoms with Crippen LogP contribution in [0.4, 0.5) is 0 Å². The van der Waals surface area contributed by atoms with Gasteiger partial charge in [0.2, 0.25) is 11.1 Å². The minimum absolute atomic E-state index is 0.256. The molecule has 3 rings (SSSR count). The number of aromatic nitrogens is 4. The van der Waals surface area contributed by atoms with Gasteiger partial charge in [-0.05, 0) is 36.1 Å². The van der Waals surface area contributed by atoms with Gasteiger partial charge in [-0.3, -0.25) is 4.79 Å². The second-order valence-electron chi connectivity index (χ2n) is 7.09. The van der Waals surface area contributed by atoms with Gasteiger partial charge in [-0.1, -0.05) is 50.3 Å². The van der Waals surface area contributed by atoms with Crippen molar-refractivity contribution in [3.63, 3.8) is 0 Å². The van der Waals surface area contributed by atoms with E-state index >= 15 is 0 Å². The van der Waals surface area contributed by atoms with Crippen molar-refractivity contribution in [1.82, 2.24) is 25.1 Å². The van der Waals surface area contributed by atoms with Crippen molar-refractivity contribution in [2.45, 2.75) is 87.9 Å². The molecule has 1 amide bonds. The molecule has 0 atom stereocenters. The monoisotopic (exact) mass is 351 g/mol. The Morgan fingerprint density at radius 1 is 1.12 bits per heavy atom. The SMILES string of the molecule is CN(C(=O)CCSc1nnnn1C1CCCCC1)C1CCCCC1. The van der Waals surface area contributed by atoms with E-state index in [0.29, 0.717) is 18.5 Å². The topological polar surface area (TPSA) is 63.9 Å². The number of hydrogen-bond acceptors (Lipinski definition) is 5. The fourth-order valence-corrected chi connectivity index (χ4v) is 4.78. The smallest absolute Gasteiger partial charge is 0.223 e. The first kappa shape index (κ1) is 17.7. The molecule has 1 aromatic heterocycles. The summed E-state index contributed by atoms with van der Waals surface area (Å²) in [4.78, 5) is 14.4. The van der Waals surface area contributed by atoms with Crippen molar-refractivity contribution in [3.8, 4) is 0 Å². The van der Waals surface area contributed by atoms with Crippen LogP contribution in [-0.2, 0) is 4.79 Å². The molecule has 7 heteroatoms. The lowest BCUT2D eigenvalue weighted by Crippen LogP contribution is -2.38. The molecule has 6 nitrogen and oxygen atoms in total. The van der Waals surface area contributed by atoms with E-state index in [1.807, 2.05) is 16.6 Å². The van der Waals surface area contributed by atoms with Crippen molar-refractivity contribution in [2.75, 3.05) is 12.8 Å². The highest BCUT2D eigenvalue weighted by atomic mass is 32.2. The maximum Gasteiger partial charge on any atom is 0.223 e. The first-order valence-corrected chi connectivity index (χ1v) is 10.4.